The van der Waals surface area contributed by atoms with Gasteiger partial charge in [0.15, 0.2) is 0 Å². The van der Waals surface area contributed by atoms with Gasteiger partial charge in [-0.1, -0.05) is 12.1 Å². The minimum atomic E-state index is -4.82. The van der Waals surface area contributed by atoms with E-state index in [-0.39, 0.29) is 12.2 Å². The highest BCUT2D eigenvalue weighted by atomic mass is 19.4. The number of hydrogen-bond donors (Lipinski definition) is 1. The van der Waals surface area contributed by atoms with Crippen molar-refractivity contribution in [2.75, 3.05) is 0 Å². The van der Waals surface area contributed by atoms with E-state index in [2.05, 4.69) is 10.1 Å². The molecule has 0 bridgehead atoms. The molecule has 3 amide bonds. The molecular weight excluding hydrogens is 395 g/mol. The molecule has 8 nitrogen and oxygen atoms in total. The number of carbonyl (C=O) groups is 2. The van der Waals surface area contributed by atoms with Crippen molar-refractivity contribution in [1.29, 1.82) is 0 Å². The summed E-state index contributed by atoms with van der Waals surface area (Å²) in [5, 5.41) is 13.3. The number of hydrogen-bond acceptors (Lipinski definition) is 5. The van der Waals surface area contributed by atoms with Crippen molar-refractivity contribution in [3.63, 3.8) is 0 Å². The Bertz CT molecular complexity index is 960. The van der Waals surface area contributed by atoms with Gasteiger partial charge in [0.2, 0.25) is 0 Å². The lowest BCUT2D eigenvalue weighted by molar-refractivity contribution is -0.384. The summed E-state index contributed by atoms with van der Waals surface area (Å²) in [6, 6.07) is 9.29. The van der Waals surface area contributed by atoms with Gasteiger partial charge < -0.3 is 10.1 Å². The quantitative estimate of drug-likeness (QED) is 0.463. The van der Waals surface area contributed by atoms with E-state index >= 15 is 0 Å². The van der Waals surface area contributed by atoms with Crippen molar-refractivity contribution in [2.45, 2.75) is 25.4 Å². The van der Waals surface area contributed by atoms with Crippen LogP contribution in [0.4, 0.5) is 23.7 Å². The summed E-state index contributed by atoms with van der Waals surface area (Å²) < 4.78 is 40.4. The molecule has 3 rings (SSSR count). The summed E-state index contributed by atoms with van der Waals surface area (Å²) >= 11 is 0. The Labute approximate surface area is 162 Å². The van der Waals surface area contributed by atoms with Crippen LogP contribution in [0.1, 0.15) is 18.1 Å². The molecule has 1 unspecified atom stereocenters. The lowest BCUT2D eigenvalue weighted by Gasteiger charge is -2.22. The first-order valence-electron chi connectivity index (χ1n) is 8.23. The Morgan fingerprint density at radius 3 is 2.21 bits per heavy atom. The third kappa shape index (κ3) is 4.13. The van der Waals surface area contributed by atoms with E-state index < -0.39 is 34.5 Å². The summed E-state index contributed by atoms with van der Waals surface area (Å²) in [4.78, 5) is 36.3. The second-order valence-corrected chi connectivity index (χ2v) is 6.44. The lowest BCUT2D eigenvalue weighted by Crippen LogP contribution is -2.40. The van der Waals surface area contributed by atoms with Crippen molar-refractivity contribution in [3.05, 3.63) is 69.8 Å². The highest BCUT2D eigenvalue weighted by Gasteiger charge is 2.49. The van der Waals surface area contributed by atoms with Crippen LogP contribution < -0.4 is 10.1 Å². The van der Waals surface area contributed by atoms with E-state index in [1.807, 2.05) is 0 Å². The fourth-order valence-corrected chi connectivity index (χ4v) is 2.93. The van der Waals surface area contributed by atoms with Crippen LogP contribution in [0.25, 0.3) is 0 Å². The molecule has 1 N–H and O–H groups in total. The number of halogens is 3. The van der Waals surface area contributed by atoms with Crippen molar-refractivity contribution in [1.82, 2.24) is 10.2 Å². The van der Waals surface area contributed by atoms with Gasteiger partial charge in [0, 0.05) is 12.1 Å². The molecule has 1 aliphatic rings. The molecule has 11 heteroatoms. The van der Waals surface area contributed by atoms with E-state index in [1.165, 1.54) is 43.3 Å². The molecule has 29 heavy (non-hydrogen) atoms. The highest BCUT2D eigenvalue weighted by molar-refractivity contribution is 6.07. The molecule has 1 saturated heterocycles. The topological polar surface area (TPSA) is 102 Å². The van der Waals surface area contributed by atoms with E-state index in [0.29, 0.717) is 11.1 Å². The summed E-state index contributed by atoms with van der Waals surface area (Å²) in [5.74, 6) is -1.01. The van der Waals surface area contributed by atoms with Gasteiger partial charge in [0.25, 0.3) is 11.6 Å². The molecule has 152 valence electrons. The largest absolute Gasteiger partial charge is 0.573 e. The van der Waals surface area contributed by atoms with Crippen LogP contribution in [0.2, 0.25) is 0 Å². The van der Waals surface area contributed by atoms with Crippen LogP contribution in [-0.2, 0) is 16.9 Å². The number of amides is 3. The fraction of sp³-hybridized carbons (Fsp3) is 0.222. The van der Waals surface area contributed by atoms with Gasteiger partial charge in [0.05, 0.1) is 11.5 Å². The number of carbonyl (C=O) groups excluding carboxylic acids is 2. The highest BCUT2D eigenvalue weighted by Crippen LogP contribution is 2.31. The molecular formula is C18H14F3N3O5. The number of alkyl halides is 3. The third-order valence-corrected chi connectivity index (χ3v) is 4.43. The Morgan fingerprint density at radius 2 is 1.69 bits per heavy atom. The van der Waals surface area contributed by atoms with Crippen LogP contribution in [-0.4, -0.2) is 28.1 Å². The summed E-state index contributed by atoms with van der Waals surface area (Å²) in [7, 11) is 0. The zero-order valence-electron chi connectivity index (χ0n) is 14.9. The Hall–Kier alpha value is -3.63. The Morgan fingerprint density at radius 1 is 1.10 bits per heavy atom. The second kappa shape index (κ2) is 7.08. The van der Waals surface area contributed by atoms with Gasteiger partial charge in [0.1, 0.15) is 11.3 Å². The number of rotatable bonds is 5. The maximum atomic E-state index is 12.9. The van der Waals surface area contributed by atoms with Crippen LogP contribution in [0.3, 0.4) is 0 Å². The standard InChI is InChI=1S/C18H14F3N3O5/c1-17(12-4-6-13(7-5-12)24(27)28)15(25)23(16(26)22-17)10-11-2-8-14(9-3-11)29-18(19,20)21/h2-9H,10H2,1H3,(H,22,26). The van der Waals surface area contributed by atoms with Crippen LogP contribution >= 0.6 is 0 Å². The molecule has 1 heterocycles. The number of nitrogens with one attached hydrogen (secondary N) is 1. The molecule has 1 fully saturated rings. The predicted molar refractivity (Wildman–Crippen MR) is 92.7 cm³/mol. The summed E-state index contributed by atoms with van der Waals surface area (Å²) in [5.41, 5.74) is -0.813. The van der Waals surface area contributed by atoms with Gasteiger partial charge >= 0.3 is 12.4 Å². The third-order valence-electron chi connectivity index (χ3n) is 4.43. The van der Waals surface area contributed by atoms with Crippen molar-refractivity contribution in [3.8, 4) is 5.75 Å². The first kappa shape index (κ1) is 20.1. The van der Waals surface area contributed by atoms with E-state index in [4.69, 9.17) is 0 Å². The number of urea groups is 1. The molecule has 1 atom stereocenters. The molecule has 0 aliphatic carbocycles. The number of ether oxygens (including phenoxy) is 1. The van der Waals surface area contributed by atoms with Crippen LogP contribution in [0.15, 0.2) is 48.5 Å². The average molecular weight is 409 g/mol. The molecule has 0 aromatic heterocycles. The first-order valence-corrected chi connectivity index (χ1v) is 8.23. The normalized spacial score (nSPS) is 19.2. The van der Waals surface area contributed by atoms with Gasteiger partial charge in [-0.3, -0.25) is 19.8 Å². The fourth-order valence-electron chi connectivity index (χ4n) is 2.93. The molecule has 1 aliphatic heterocycles. The van der Waals surface area contributed by atoms with E-state index in [0.717, 1.165) is 17.0 Å². The Kier molecular flexibility index (Phi) is 4.91. The minimum Gasteiger partial charge on any atom is -0.406 e. The van der Waals surface area contributed by atoms with E-state index in [1.54, 1.807) is 0 Å². The average Bonchev–Trinajstić information content (AvgIpc) is 2.86. The number of nitro groups is 1. The van der Waals surface area contributed by atoms with Crippen LogP contribution in [0.5, 0.6) is 5.75 Å². The van der Waals surface area contributed by atoms with Crippen LogP contribution in [0, 0.1) is 10.1 Å². The number of imide groups is 1. The molecule has 0 saturated carbocycles. The maximum absolute atomic E-state index is 12.9. The number of nitro benzene ring substituents is 1. The molecule has 2 aromatic rings. The van der Waals surface area contributed by atoms with Gasteiger partial charge in [-0.05, 0) is 42.3 Å². The first-order chi connectivity index (χ1) is 13.5. The monoisotopic (exact) mass is 409 g/mol. The lowest BCUT2D eigenvalue weighted by atomic mass is 9.92. The summed E-state index contributed by atoms with van der Waals surface area (Å²) in [6.07, 6.45) is -4.82. The zero-order chi connectivity index (χ0) is 21.4. The van der Waals surface area contributed by atoms with Crippen molar-refractivity contribution >= 4 is 17.6 Å². The molecule has 0 radical (unpaired) electrons. The van der Waals surface area contributed by atoms with Gasteiger partial charge in [-0.2, -0.15) is 0 Å². The number of nitrogens with zero attached hydrogens (tertiary/aromatic N) is 2. The SMILES string of the molecule is CC1(c2ccc([N+](=O)[O-])cc2)NC(=O)N(Cc2ccc(OC(F)(F)F)cc2)C1=O. The maximum Gasteiger partial charge on any atom is 0.573 e. The summed E-state index contributed by atoms with van der Waals surface area (Å²) in [6.45, 7) is 1.30. The predicted octanol–water partition coefficient (Wildman–Crippen LogP) is 3.46. The van der Waals surface area contributed by atoms with Crippen molar-refractivity contribution in [2.24, 2.45) is 0 Å². The van der Waals surface area contributed by atoms with Crippen molar-refractivity contribution < 1.29 is 32.4 Å². The van der Waals surface area contributed by atoms with Gasteiger partial charge in [-0.25, -0.2) is 4.79 Å². The number of non-ortho nitro benzene ring substituents is 1. The van der Waals surface area contributed by atoms with Gasteiger partial charge in [-0.15, -0.1) is 13.2 Å². The number of benzene rings is 2. The molecule has 0 spiro atoms. The minimum absolute atomic E-state index is 0.160. The second-order valence-electron chi connectivity index (χ2n) is 6.44. The Balaban J connectivity index is 1.77. The van der Waals surface area contributed by atoms with E-state index in [9.17, 15) is 32.9 Å². The zero-order valence-corrected chi connectivity index (χ0v) is 14.9. The molecule has 2 aromatic carbocycles. The smallest absolute Gasteiger partial charge is 0.406 e.